The normalized spacial score (nSPS) is 14.0. The first-order chi connectivity index (χ1) is 12.8. The molecule has 1 aromatic heterocycles. The molecule has 3 aromatic rings. The Labute approximate surface area is 155 Å². The van der Waals surface area contributed by atoms with Gasteiger partial charge in [0.1, 0.15) is 0 Å². The molecule has 0 amide bonds. The SMILES string of the molecule is CNCCc1cn(Cc2cccc(C3=CCCC=C3)c2)c2ccccc12. The molecule has 0 radical (unpaired) electrons. The van der Waals surface area contributed by atoms with Gasteiger partial charge in [-0.25, -0.2) is 0 Å². The van der Waals surface area contributed by atoms with Crippen LogP contribution in [-0.4, -0.2) is 18.2 Å². The number of hydrogen-bond acceptors (Lipinski definition) is 1. The lowest BCUT2D eigenvalue weighted by molar-refractivity contribution is 0.783. The lowest BCUT2D eigenvalue weighted by Gasteiger charge is -2.10. The molecule has 0 fully saturated rings. The number of rotatable bonds is 6. The van der Waals surface area contributed by atoms with Crippen molar-refractivity contribution < 1.29 is 0 Å². The van der Waals surface area contributed by atoms with Crippen LogP contribution in [-0.2, 0) is 13.0 Å². The molecule has 0 saturated heterocycles. The van der Waals surface area contributed by atoms with Crippen molar-refractivity contribution in [3.8, 4) is 0 Å². The van der Waals surface area contributed by atoms with E-state index < -0.39 is 0 Å². The number of likely N-dealkylation sites (N-methyl/N-ethyl adjacent to an activating group) is 1. The van der Waals surface area contributed by atoms with E-state index in [2.05, 4.69) is 82.8 Å². The second-order valence-corrected chi connectivity index (χ2v) is 6.99. The van der Waals surface area contributed by atoms with Crippen molar-refractivity contribution >= 4 is 16.5 Å². The minimum Gasteiger partial charge on any atom is -0.343 e. The quantitative estimate of drug-likeness (QED) is 0.653. The van der Waals surface area contributed by atoms with Crippen molar-refractivity contribution in [1.29, 1.82) is 0 Å². The maximum absolute atomic E-state index is 3.26. The van der Waals surface area contributed by atoms with Crippen molar-refractivity contribution in [2.45, 2.75) is 25.8 Å². The number of nitrogens with zero attached hydrogens (tertiary/aromatic N) is 1. The van der Waals surface area contributed by atoms with Gasteiger partial charge in [-0.15, -0.1) is 0 Å². The van der Waals surface area contributed by atoms with E-state index in [1.165, 1.54) is 33.2 Å². The maximum Gasteiger partial charge on any atom is 0.0486 e. The Morgan fingerprint density at radius 1 is 1.04 bits per heavy atom. The Kier molecular flexibility index (Phi) is 5.03. The van der Waals surface area contributed by atoms with Crippen molar-refractivity contribution in [1.82, 2.24) is 9.88 Å². The van der Waals surface area contributed by atoms with Crippen LogP contribution in [0.3, 0.4) is 0 Å². The van der Waals surface area contributed by atoms with Gasteiger partial charge in [-0.1, -0.05) is 54.6 Å². The summed E-state index contributed by atoms with van der Waals surface area (Å²) in [6.07, 6.45) is 12.6. The number of benzene rings is 2. The highest BCUT2D eigenvalue weighted by molar-refractivity contribution is 5.84. The first kappa shape index (κ1) is 16.9. The Morgan fingerprint density at radius 3 is 2.81 bits per heavy atom. The standard InChI is InChI=1S/C24H26N2/c1-25-15-14-22-18-26(24-13-6-5-12-23(22)24)17-19-8-7-11-21(16-19)20-9-3-2-4-10-20/h3,5-13,16,18,25H,2,4,14-15,17H2,1H3. The zero-order chi connectivity index (χ0) is 17.8. The van der Waals surface area contributed by atoms with Crippen molar-refractivity contribution in [3.63, 3.8) is 0 Å². The van der Waals surface area contributed by atoms with Gasteiger partial charge >= 0.3 is 0 Å². The van der Waals surface area contributed by atoms with Crippen molar-refractivity contribution in [3.05, 3.63) is 89.6 Å². The number of allylic oxidation sites excluding steroid dienone is 4. The lowest BCUT2D eigenvalue weighted by atomic mass is 9.98. The Morgan fingerprint density at radius 2 is 1.96 bits per heavy atom. The predicted octanol–water partition coefficient (Wildman–Crippen LogP) is 5.18. The van der Waals surface area contributed by atoms with Crippen LogP contribution < -0.4 is 5.32 Å². The summed E-state index contributed by atoms with van der Waals surface area (Å²) in [5.74, 6) is 0. The molecule has 1 N–H and O–H groups in total. The highest BCUT2D eigenvalue weighted by atomic mass is 15.0. The molecular formula is C24H26N2. The third kappa shape index (κ3) is 3.51. The summed E-state index contributed by atoms with van der Waals surface area (Å²) < 4.78 is 2.39. The molecule has 0 bridgehead atoms. The molecule has 26 heavy (non-hydrogen) atoms. The zero-order valence-electron chi connectivity index (χ0n) is 15.4. The van der Waals surface area contributed by atoms with Crippen molar-refractivity contribution in [2.75, 3.05) is 13.6 Å². The van der Waals surface area contributed by atoms with E-state index in [4.69, 9.17) is 0 Å². The fraction of sp³-hybridized carbons (Fsp3) is 0.250. The average molecular weight is 342 g/mol. The second kappa shape index (κ2) is 7.76. The lowest BCUT2D eigenvalue weighted by Crippen LogP contribution is -2.10. The summed E-state index contributed by atoms with van der Waals surface area (Å²) in [6.45, 7) is 1.91. The first-order valence-electron chi connectivity index (χ1n) is 9.52. The average Bonchev–Trinajstić information content (AvgIpc) is 3.05. The predicted molar refractivity (Wildman–Crippen MR) is 111 cm³/mol. The van der Waals surface area contributed by atoms with Gasteiger partial charge in [0.25, 0.3) is 0 Å². The van der Waals surface area contributed by atoms with Gasteiger partial charge in [-0.3, -0.25) is 0 Å². The van der Waals surface area contributed by atoms with E-state index in [9.17, 15) is 0 Å². The third-order valence-corrected chi connectivity index (χ3v) is 5.12. The topological polar surface area (TPSA) is 17.0 Å². The Bertz CT molecular complexity index is 959. The van der Waals surface area contributed by atoms with Gasteiger partial charge in [-0.05, 0) is 67.3 Å². The molecule has 2 aromatic carbocycles. The van der Waals surface area contributed by atoms with Crippen LogP contribution in [0.1, 0.15) is 29.5 Å². The summed E-state index contributed by atoms with van der Waals surface area (Å²) in [5, 5.41) is 4.63. The first-order valence-corrected chi connectivity index (χ1v) is 9.52. The largest absolute Gasteiger partial charge is 0.343 e. The molecule has 0 atom stereocenters. The molecule has 4 rings (SSSR count). The van der Waals surface area contributed by atoms with Crippen LogP contribution in [0, 0.1) is 0 Å². The van der Waals surface area contributed by atoms with Crippen LogP contribution in [0.15, 0.2) is 73.0 Å². The summed E-state index contributed by atoms with van der Waals surface area (Å²) in [5.41, 5.74) is 6.77. The number of hydrogen-bond donors (Lipinski definition) is 1. The van der Waals surface area contributed by atoms with Gasteiger partial charge < -0.3 is 9.88 Å². The van der Waals surface area contributed by atoms with Crippen LogP contribution in [0.2, 0.25) is 0 Å². The summed E-state index contributed by atoms with van der Waals surface area (Å²) >= 11 is 0. The number of fused-ring (bicyclic) bond motifs is 1. The molecule has 0 saturated carbocycles. The van der Waals surface area contributed by atoms with E-state index in [-0.39, 0.29) is 0 Å². The van der Waals surface area contributed by atoms with Crippen LogP contribution in [0.4, 0.5) is 0 Å². The Balaban J connectivity index is 1.65. The molecule has 132 valence electrons. The van der Waals surface area contributed by atoms with Crippen LogP contribution in [0.5, 0.6) is 0 Å². The minimum absolute atomic E-state index is 0.908. The van der Waals surface area contributed by atoms with Gasteiger partial charge in [0, 0.05) is 23.6 Å². The smallest absolute Gasteiger partial charge is 0.0486 e. The third-order valence-electron chi connectivity index (χ3n) is 5.12. The van der Waals surface area contributed by atoms with Gasteiger partial charge in [0.2, 0.25) is 0 Å². The summed E-state index contributed by atoms with van der Waals surface area (Å²) in [4.78, 5) is 0. The van der Waals surface area contributed by atoms with Crippen LogP contribution in [0.25, 0.3) is 16.5 Å². The maximum atomic E-state index is 3.26. The highest BCUT2D eigenvalue weighted by Gasteiger charge is 2.09. The van der Waals surface area contributed by atoms with E-state index in [0.29, 0.717) is 0 Å². The molecule has 0 aliphatic heterocycles. The van der Waals surface area contributed by atoms with E-state index >= 15 is 0 Å². The van der Waals surface area contributed by atoms with Gasteiger partial charge in [0.15, 0.2) is 0 Å². The minimum atomic E-state index is 0.908. The summed E-state index contributed by atoms with van der Waals surface area (Å²) in [7, 11) is 2.01. The molecule has 2 nitrogen and oxygen atoms in total. The molecule has 2 heteroatoms. The van der Waals surface area contributed by atoms with Crippen LogP contribution >= 0.6 is 0 Å². The molecule has 0 spiro atoms. The van der Waals surface area contributed by atoms with Crippen molar-refractivity contribution in [2.24, 2.45) is 0 Å². The fourth-order valence-electron chi connectivity index (χ4n) is 3.79. The van der Waals surface area contributed by atoms with E-state index in [1.54, 1.807) is 0 Å². The zero-order valence-corrected chi connectivity index (χ0v) is 15.4. The van der Waals surface area contributed by atoms with Gasteiger partial charge in [0.05, 0.1) is 0 Å². The molecule has 1 heterocycles. The van der Waals surface area contributed by atoms with Gasteiger partial charge in [-0.2, -0.15) is 0 Å². The van der Waals surface area contributed by atoms with E-state index in [1.807, 2.05) is 7.05 Å². The van der Waals surface area contributed by atoms with E-state index in [0.717, 1.165) is 32.4 Å². The summed E-state index contributed by atoms with van der Waals surface area (Å²) in [6, 6.07) is 17.7. The Hall–Kier alpha value is -2.58. The second-order valence-electron chi connectivity index (χ2n) is 6.99. The molecular weight excluding hydrogens is 316 g/mol. The monoisotopic (exact) mass is 342 g/mol. The fourth-order valence-corrected chi connectivity index (χ4v) is 3.79. The molecule has 0 unspecified atom stereocenters. The number of para-hydroxylation sites is 1. The molecule has 1 aliphatic carbocycles. The number of nitrogens with one attached hydrogen (secondary N) is 1. The highest BCUT2D eigenvalue weighted by Crippen LogP contribution is 2.25. The number of aromatic nitrogens is 1. The molecule has 1 aliphatic rings.